The number of benzene rings is 3. The van der Waals surface area contributed by atoms with Gasteiger partial charge in [-0.2, -0.15) is 13.2 Å². The summed E-state index contributed by atoms with van der Waals surface area (Å²) < 4.78 is 52.5. The van der Waals surface area contributed by atoms with Crippen molar-refractivity contribution in [2.75, 3.05) is 6.61 Å². The predicted molar refractivity (Wildman–Crippen MR) is 164 cm³/mol. The fourth-order valence-corrected chi connectivity index (χ4v) is 6.08. The minimum Gasteiger partial charge on any atom is -0.482 e. The number of aliphatic carboxylic acids is 2. The number of hydrogen-bond acceptors (Lipinski definition) is 6. The third kappa shape index (κ3) is 6.79. The van der Waals surface area contributed by atoms with Crippen LogP contribution in [-0.2, 0) is 22.2 Å². The average Bonchev–Trinajstić information content (AvgIpc) is 3.64. The smallest absolute Gasteiger partial charge is 0.416 e. The number of carbonyl (C=O) groups excluding carboxylic acids is 1. The molecule has 2 aromatic heterocycles. The van der Waals surface area contributed by atoms with E-state index in [1.807, 2.05) is 4.57 Å². The van der Waals surface area contributed by atoms with E-state index in [1.165, 1.54) is 24.5 Å². The quantitative estimate of drug-likeness (QED) is 0.149. The molecule has 5 aromatic rings. The van der Waals surface area contributed by atoms with Crippen molar-refractivity contribution in [1.29, 1.82) is 0 Å². The lowest BCUT2D eigenvalue weighted by Crippen LogP contribution is -2.42. The van der Waals surface area contributed by atoms with E-state index in [0.29, 0.717) is 33.4 Å². The number of carboxylic acids is 2. The van der Waals surface area contributed by atoms with E-state index >= 15 is 0 Å². The number of rotatable bonds is 10. The number of ether oxygens (including phenoxy) is 1. The molecule has 0 saturated heterocycles. The molecule has 2 heterocycles. The zero-order chi connectivity index (χ0) is 33.3. The number of aromatic nitrogens is 2. The van der Waals surface area contributed by atoms with Crippen molar-refractivity contribution in [3.8, 4) is 17.1 Å². The van der Waals surface area contributed by atoms with E-state index in [1.54, 1.807) is 30.3 Å². The Kier molecular flexibility index (Phi) is 8.63. The SMILES string of the molecule is O=C(O)COc1ccc2occ(C[C@H](NC(=O)c3ccc4c(c3)nc(-c3ccc(C(F)(F)F)cc3)n4C3CCCCC3)C(=O)O)c2c1. The van der Waals surface area contributed by atoms with Crippen LogP contribution in [0.15, 0.2) is 71.3 Å². The second-order valence-electron chi connectivity index (χ2n) is 11.5. The van der Waals surface area contributed by atoms with Crippen LogP contribution >= 0.6 is 0 Å². The molecule has 47 heavy (non-hydrogen) atoms. The van der Waals surface area contributed by atoms with Crippen molar-refractivity contribution >= 4 is 39.8 Å². The Morgan fingerprint density at radius 3 is 2.43 bits per heavy atom. The zero-order valence-corrected chi connectivity index (χ0v) is 24.9. The van der Waals surface area contributed by atoms with Crippen LogP contribution < -0.4 is 10.1 Å². The highest BCUT2D eigenvalue weighted by Crippen LogP contribution is 2.37. The Balaban J connectivity index is 1.28. The van der Waals surface area contributed by atoms with Gasteiger partial charge in [0.2, 0.25) is 0 Å². The van der Waals surface area contributed by atoms with Gasteiger partial charge in [0.15, 0.2) is 6.61 Å². The largest absolute Gasteiger partial charge is 0.482 e. The van der Waals surface area contributed by atoms with E-state index < -0.39 is 42.2 Å². The molecule has 1 aliphatic rings. The van der Waals surface area contributed by atoms with Gasteiger partial charge in [-0.1, -0.05) is 31.4 Å². The van der Waals surface area contributed by atoms with Gasteiger partial charge in [0.1, 0.15) is 23.2 Å². The minimum absolute atomic E-state index is 0.0851. The zero-order valence-electron chi connectivity index (χ0n) is 24.9. The van der Waals surface area contributed by atoms with Gasteiger partial charge in [-0.05, 0) is 61.4 Å². The number of furan rings is 1. The lowest BCUT2D eigenvalue weighted by molar-refractivity contribution is -0.140. The molecule has 1 amide bonds. The molecule has 6 rings (SSSR count). The van der Waals surface area contributed by atoms with Crippen molar-refractivity contribution < 1.29 is 46.9 Å². The van der Waals surface area contributed by atoms with Crippen LogP contribution in [0, 0.1) is 0 Å². The van der Waals surface area contributed by atoms with Gasteiger partial charge in [0, 0.05) is 34.5 Å². The first-order valence-electron chi connectivity index (χ1n) is 15.1. The predicted octanol–water partition coefficient (Wildman–Crippen LogP) is 6.86. The molecule has 0 radical (unpaired) electrons. The highest BCUT2D eigenvalue weighted by Gasteiger charge is 2.31. The molecule has 10 nitrogen and oxygen atoms in total. The number of carbonyl (C=O) groups is 3. The Morgan fingerprint density at radius 1 is 1.00 bits per heavy atom. The van der Waals surface area contributed by atoms with Crippen molar-refractivity contribution in [3.63, 3.8) is 0 Å². The minimum atomic E-state index is -4.47. The summed E-state index contributed by atoms with van der Waals surface area (Å²) in [6, 6.07) is 13.1. The van der Waals surface area contributed by atoms with Crippen molar-refractivity contribution in [2.45, 2.75) is 56.8 Å². The molecule has 1 fully saturated rings. The van der Waals surface area contributed by atoms with Crippen molar-refractivity contribution in [3.05, 3.63) is 83.6 Å². The molecule has 244 valence electrons. The summed E-state index contributed by atoms with van der Waals surface area (Å²) in [4.78, 5) is 41.2. The number of carboxylic acid groups (broad SMARTS) is 2. The summed E-state index contributed by atoms with van der Waals surface area (Å²) in [6.45, 7) is -0.554. The van der Waals surface area contributed by atoms with Gasteiger partial charge in [0.05, 0.1) is 22.9 Å². The van der Waals surface area contributed by atoms with Gasteiger partial charge >= 0.3 is 18.1 Å². The second-order valence-corrected chi connectivity index (χ2v) is 11.5. The first-order chi connectivity index (χ1) is 22.5. The number of fused-ring (bicyclic) bond motifs is 2. The highest BCUT2D eigenvalue weighted by molar-refractivity contribution is 6.00. The summed E-state index contributed by atoms with van der Waals surface area (Å²) in [5.41, 5.74) is 2.00. The van der Waals surface area contributed by atoms with E-state index in [-0.39, 0.29) is 23.8 Å². The lowest BCUT2D eigenvalue weighted by atomic mass is 9.94. The molecular weight excluding hydrogens is 619 g/mol. The number of hydrogen-bond donors (Lipinski definition) is 3. The maximum absolute atomic E-state index is 13.4. The molecule has 0 bridgehead atoms. The third-order valence-electron chi connectivity index (χ3n) is 8.38. The molecule has 1 atom stereocenters. The summed E-state index contributed by atoms with van der Waals surface area (Å²) >= 11 is 0. The Hall–Kier alpha value is -5.33. The average molecular weight is 650 g/mol. The number of alkyl halides is 3. The van der Waals surface area contributed by atoms with Crippen LogP contribution in [0.25, 0.3) is 33.4 Å². The molecule has 1 saturated carbocycles. The Labute approximate surface area is 265 Å². The Morgan fingerprint density at radius 2 is 1.74 bits per heavy atom. The summed E-state index contributed by atoms with van der Waals surface area (Å²) in [5.74, 6) is -2.32. The molecule has 3 N–H and O–H groups in total. The summed E-state index contributed by atoms with van der Waals surface area (Å²) in [5, 5.41) is 21.9. The standard InChI is InChI=1S/C34H30F3N3O7/c35-34(36,37)22-9-6-19(7-10-22)31-38-26-14-20(8-12-28(26)40(31)23-4-2-1-3-5-23)32(43)39-27(33(44)45)15-21-17-47-29-13-11-24(16-25(21)29)46-18-30(41)42/h6-14,16-17,23,27H,1-5,15,18H2,(H,39,43)(H,41,42)(H,44,45)/t27-/m0/s1. The maximum Gasteiger partial charge on any atom is 0.416 e. The van der Waals surface area contributed by atoms with Gasteiger partial charge in [-0.25, -0.2) is 14.6 Å². The highest BCUT2D eigenvalue weighted by atomic mass is 19.4. The monoisotopic (exact) mass is 649 g/mol. The third-order valence-corrected chi connectivity index (χ3v) is 8.38. The first kappa shape index (κ1) is 31.6. The van der Waals surface area contributed by atoms with E-state index in [2.05, 4.69) is 5.32 Å². The molecular formula is C34H30F3N3O7. The number of amides is 1. The van der Waals surface area contributed by atoms with Gasteiger partial charge in [-0.3, -0.25) is 4.79 Å². The van der Waals surface area contributed by atoms with Crippen LogP contribution in [0.2, 0.25) is 0 Å². The summed E-state index contributed by atoms with van der Waals surface area (Å²) in [6.07, 6.45) is 1.67. The van der Waals surface area contributed by atoms with Crippen LogP contribution in [0.4, 0.5) is 13.2 Å². The second kappa shape index (κ2) is 12.8. The Bertz CT molecular complexity index is 1960. The van der Waals surface area contributed by atoms with Crippen LogP contribution in [0.1, 0.15) is 59.6 Å². The van der Waals surface area contributed by atoms with Crippen molar-refractivity contribution in [1.82, 2.24) is 14.9 Å². The van der Waals surface area contributed by atoms with Crippen LogP contribution in [0.5, 0.6) is 5.75 Å². The molecule has 13 heteroatoms. The summed E-state index contributed by atoms with van der Waals surface area (Å²) in [7, 11) is 0. The van der Waals surface area contributed by atoms with Gasteiger partial charge < -0.3 is 29.3 Å². The topological polar surface area (TPSA) is 144 Å². The molecule has 0 unspecified atom stereocenters. The van der Waals surface area contributed by atoms with E-state index in [9.17, 15) is 32.7 Å². The number of nitrogens with zero attached hydrogens (tertiary/aromatic N) is 2. The fraction of sp³-hybridized carbons (Fsp3) is 0.294. The van der Waals surface area contributed by atoms with E-state index in [0.717, 1.165) is 49.8 Å². The first-order valence-corrected chi connectivity index (χ1v) is 15.1. The van der Waals surface area contributed by atoms with Crippen LogP contribution in [-0.4, -0.2) is 50.3 Å². The van der Waals surface area contributed by atoms with Crippen LogP contribution in [0.3, 0.4) is 0 Å². The fourth-order valence-electron chi connectivity index (χ4n) is 6.08. The number of halogens is 3. The lowest BCUT2D eigenvalue weighted by Gasteiger charge is -2.25. The normalized spacial score (nSPS) is 14.7. The van der Waals surface area contributed by atoms with Crippen molar-refractivity contribution in [2.24, 2.45) is 0 Å². The van der Waals surface area contributed by atoms with E-state index in [4.69, 9.17) is 19.2 Å². The molecule has 3 aromatic carbocycles. The molecule has 0 aliphatic heterocycles. The maximum atomic E-state index is 13.4. The molecule has 1 aliphatic carbocycles. The number of nitrogens with one attached hydrogen (secondary N) is 1. The number of imidazole rings is 1. The van der Waals surface area contributed by atoms with Gasteiger partial charge in [0.25, 0.3) is 5.91 Å². The molecule has 0 spiro atoms. The van der Waals surface area contributed by atoms with Gasteiger partial charge in [-0.15, -0.1) is 0 Å².